The maximum atomic E-state index is 5.24. The SMILES string of the molecule is C#Cc1cc(OC)ncc1C. The van der Waals surface area contributed by atoms with E-state index < -0.39 is 0 Å². The van der Waals surface area contributed by atoms with Gasteiger partial charge in [-0.2, -0.15) is 0 Å². The summed E-state index contributed by atoms with van der Waals surface area (Å²) in [6.45, 7) is 1.92. The number of hydrogen-bond acceptors (Lipinski definition) is 2. The van der Waals surface area contributed by atoms with Crippen LogP contribution in [0.25, 0.3) is 0 Å². The van der Waals surface area contributed by atoms with E-state index in [0.29, 0.717) is 5.88 Å². The van der Waals surface area contributed by atoms with Crippen molar-refractivity contribution in [3.8, 4) is 18.2 Å². The van der Waals surface area contributed by atoms with Crippen molar-refractivity contribution in [2.24, 2.45) is 0 Å². The molecule has 0 bridgehead atoms. The van der Waals surface area contributed by atoms with E-state index in [9.17, 15) is 0 Å². The first-order chi connectivity index (χ1) is 5.27. The predicted molar refractivity (Wildman–Crippen MR) is 43.5 cm³/mol. The van der Waals surface area contributed by atoms with Gasteiger partial charge in [0.2, 0.25) is 5.88 Å². The third-order valence-corrected chi connectivity index (χ3v) is 1.44. The van der Waals surface area contributed by atoms with Crippen molar-refractivity contribution in [2.75, 3.05) is 7.11 Å². The van der Waals surface area contributed by atoms with E-state index in [0.717, 1.165) is 11.1 Å². The fourth-order valence-electron chi connectivity index (χ4n) is 0.772. The van der Waals surface area contributed by atoms with Gasteiger partial charge in [0.1, 0.15) is 0 Å². The highest BCUT2D eigenvalue weighted by Crippen LogP contribution is 2.11. The van der Waals surface area contributed by atoms with Crippen molar-refractivity contribution in [3.63, 3.8) is 0 Å². The van der Waals surface area contributed by atoms with Gasteiger partial charge in [-0.3, -0.25) is 0 Å². The van der Waals surface area contributed by atoms with Crippen molar-refractivity contribution in [1.82, 2.24) is 4.98 Å². The van der Waals surface area contributed by atoms with E-state index in [1.165, 1.54) is 0 Å². The van der Waals surface area contributed by atoms with E-state index in [4.69, 9.17) is 11.2 Å². The molecule has 0 radical (unpaired) electrons. The van der Waals surface area contributed by atoms with Crippen molar-refractivity contribution >= 4 is 0 Å². The van der Waals surface area contributed by atoms with Crippen LogP contribution < -0.4 is 4.74 Å². The summed E-state index contributed by atoms with van der Waals surface area (Å²) in [7, 11) is 1.57. The average Bonchev–Trinajstić information content (AvgIpc) is 2.05. The Morgan fingerprint density at radius 2 is 2.36 bits per heavy atom. The monoisotopic (exact) mass is 147 g/mol. The van der Waals surface area contributed by atoms with Crippen LogP contribution in [0.1, 0.15) is 11.1 Å². The Morgan fingerprint density at radius 3 is 2.91 bits per heavy atom. The highest BCUT2D eigenvalue weighted by Gasteiger charge is 1.97. The van der Waals surface area contributed by atoms with Crippen LogP contribution in [0.2, 0.25) is 0 Å². The van der Waals surface area contributed by atoms with Gasteiger partial charge in [0.25, 0.3) is 0 Å². The molecule has 0 saturated carbocycles. The van der Waals surface area contributed by atoms with E-state index >= 15 is 0 Å². The Morgan fingerprint density at radius 1 is 1.64 bits per heavy atom. The van der Waals surface area contributed by atoms with Gasteiger partial charge in [-0.05, 0) is 12.5 Å². The van der Waals surface area contributed by atoms with Gasteiger partial charge in [0, 0.05) is 17.8 Å². The van der Waals surface area contributed by atoms with Crippen LogP contribution in [0, 0.1) is 19.3 Å². The molecule has 1 aromatic rings. The van der Waals surface area contributed by atoms with Gasteiger partial charge in [0.05, 0.1) is 7.11 Å². The first-order valence-corrected chi connectivity index (χ1v) is 3.25. The molecular formula is C9H9NO. The molecular weight excluding hydrogens is 138 g/mol. The van der Waals surface area contributed by atoms with Crippen LogP contribution in [-0.4, -0.2) is 12.1 Å². The standard InChI is InChI=1S/C9H9NO/c1-4-8-5-9(11-3)10-6-7(8)2/h1,5-6H,2-3H3. The second-order valence-electron chi connectivity index (χ2n) is 2.19. The average molecular weight is 147 g/mol. The van der Waals surface area contributed by atoms with Crippen LogP contribution in [0.15, 0.2) is 12.3 Å². The summed E-state index contributed by atoms with van der Waals surface area (Å²) in [5.74, 6) is 3.11. The molecule has 0 unspecified atom stereocenters. The third kappa shape index (κ3) is 1.50. The molecule has 0 amide bonds. The molecule has 0 aromatic carbocycles. The molecule has 0 fully saturated rings. The lowest BCUT2D eigenvalue weighted by atomic mass is 10.2. The lowest BCUT2D eigenvalue weighted by Crippen LogP contribution is -1.90. The minimum atomic E-state index is 0.559. The van der Waals surface area contributed by atoms with Gasteiger partial charge >= 0.3 is 0 Å². The molecule has 0 N–H and O–H groups in total. The van der Waals surface area contributed by atoms with E-state index in [1.54, 1.807) is 19.4 Å². The summed E-state index contributed by atoms with van der Waals surface area (Å²) in [6.07, 6.45) is 6.94. The molecule has 0 saturated heterocycles. The van der Waals surface area contributed by atoms with Gasteiger partial charge < -0.3 is 4.74 Å². The van der Waals surface area contributed by atoms with Gasteiger partial charge in [-0.25, -0.2) is 4.98 Å². The highest BCUT2D eigenvalue weighted by atomic mass is 16.5. The fourth-order valence-corrected chi connectivity index (χ4v) is 0.772. The minimum absolute atomic E-state index is 0.559. The lowest BCUT2D eigenvalue weighted by Gasteiger charge is -2.00. The molecule has 0 aliphatic heterocycles. The maximum Gasteiger partial charge on any atom is 0.214 e. The Bertz CT molecular complexity index is 299. The summed E-state index contributed by atoms with van der Waals surface area (Å²) < 4.78 is 4.90. The smallest absolute Gasteiger partial charge is 0.214 e. The number of pyridine rings is 1. The Hall–Kier alpha value is -1.49. The zero-order valence-electron chi connectivity index (χ0n) is 6.59. The van der Waals surface area contributed by atoms with Crippen LogP contribution >= 0.6 is 0 Å². The molecule has 56 valence electrons. The second-order valence-corrected chi connectivity index (χ2v) is 2.19. The number of methoxy groups -OCH3 is 1. The number of rotatable bonds is 1. The topological polar surface area (TPSA) is 22.1 Å². The van der Waals surface area contributed by atoms with Crippen LogP contribution in [0.4, 0.5) is 0 Å². The van der Waals surface area contributed by atoms with Crippen LogP contribution in [0.3, 0.4) is 0 Å². The van der Waals surface area contributed by atoms with Crippen molar-refractivity contribution in [3.05, 3.63) is 23.4 Å². The van der Waals surface area contributed by atoms with Crippen molar-refractivity contribution in [1.29, 1.82) is 0 Å². The first kappa shape index (κ1) is 7.62. The zero-order chi connectivity index (χ0) is 8.27. The highest BCUT2D eigenvalue weighted by molar-refractivity contribution is 5.40. The predicted octanol–water partition coefficient (Wildman–Crippen LogP) is 1.38. The normalized spacial score (nSPS) is 8.82. The third-order valence-electron chi connectivity index (χ3n) is 1.44. The summed E-state index contributed by atoms with van der Waals surface area (Å²) in [6, 6.07) is 1.75. The number of terminal acetylenes is 1. The molecule has 0 atom stereocenters. The second kappa shape index (κ2) is 3.07. The first-order valence-electron chi connectivity index (χ1n) is 3.25. The molecule has 1 rings (SSSR count). The van der Waals surface area contributed by atoms with Gasteiger partial charge in [0.15, 0.2) is 0 Å². The number of ether oxygens (including phenoxy) is 1. The van der Waals surface area contributed by atoms with E-state index in [-0.39, 0.29) is 0 Å². The van der Waals surface area contributed by atoms with Crippen molar-refractivity contribution in [2.45, 2.75) is 6.92 Å². The van der Waals surface area contributed by atoms with E-state index in [1.807, 2.05) is 6.92 Å². The Balaban J connectivity index is 3.15. The summed E-state index contributed by atoms with van der Waals surface area (Å²) in [5, 5.41) is 0. The molecule has 2 heteroatoms. The molecule has 1 aromatic heterocycles. The molecule has 0 aliphatic carbocycles. The van der Waals surface area contributed by atoms with Crippen LogP contribution in [0.5, 0.6) is 5.88 Å². The Kier molecular flexibility index (Phi) is 2.12. The summed E-state index contributed by atoms with van der Waals surface area (Å²) in [5.41, 5.74) is 1.82. The number of hydrogen-bond donors (Lipinski definition) is 0. The largest absolute Gasteiger partial charge is 0.481 e. The van der Waals surface area contributed by atoms with E-state index in [2.05, 4.69) is 10.9 Å². The molecule has 11 heavy (non-hydrogen) atoms. The molecule has 1 heterocycles. The van der Waals surface area contributed by atoms with Gasteiger partial charge in [-0.1, -0.05) is 5.92 Å². The number of aryl methyl sites for hydroxylation is 1. The number of aromatic nitrogens is 1. The fraction of sp³-hybridized carbons (Fsp3) is 0.222. The molecule has 2 nitrogen and oxygen atoms in total. The van der Waals surface area contributed by atoms with Crippen molar-refractivity contribution < 1.29 is 4.74 Å². The van der Waals surface area contributed by atoms with Crippen LogP contribution in [-0.2, 0) is 0 Å². The minimum Gasteiger partial charge on any atom is -0.481 e. The maximum absolute atomic E-state index is 5.24. The summed E-state index contributed by atoms with van der Waals surface area (Å²) in [4.78, 5) is 3.99. The number of nitrogens with zero attached hydrogens (tertiary/aromatic N) is 1. The zero-order valence-corrected chi connectivity index (χ0v) is 6.59. The molecule has 0 spiro atoms. The summed E-state index contributed by atoms with van der Waals surface area (Å²) >= 11 is 0. The van der Waals surface area contributed by atoms with Gasteiger partial charge in [-0.15, -0.1) is 6.42 Å². The quantitative estimate of drug-likeness (QED) is 0.560. The molecule has 0 aliphatic rings. The lowest BCUT2D eigenvalue weighted by molar-refractivity contribution is 0.397. The Labute approximate surface area is 66.2 Å².